The minimum absolute atomic E-state index is 0.524. The summed E-state index contributed by atoms with van der Waals surface area (Å²) < 4.78 is 0. The molecule has 2 aromatic rings. The average Bonchev–Trinajstić information content (AvgIpc) is 2.49. The van der Waals surface area contributed by atoms with Gasteiger partial charge in [-0.05, 0) is 19.4 Å². The van der Waals surface area contributed by atoms with Crippen LogP contribution < -0.4 is 5.32 Å². The molecule has 1 N–H and O–H groups in total. The van der Waals surface area contributed by atoms with Crippen molar-refractivity contribution in [2.75, 3.05) is 13.1 Å². The van der Waals surface area contributed by atoms with Crippen molar-refractivity contribution in [1.82, 2.24) is 15.3 Å². The summed E-state index contributed by atoms with van der Waals surface area (Å²) in [5, 5.41) is 3.41. The monoisotopic (exact) mass is 239 g/mol. The molecule has 3 heteroatoms. The number of piperidine rings is 1. The van der Waals surface area contributed by atoms with Crippen molar-refractivity contribution in [2.45, 2.75) is 18.8 Å². The van der Waals surface area contributed by atoms with Crippen LogP contribution in [-0.2, 0) is 0 Å². The van der Waals surface area contributed by atoms with Crippen molar-refractivity contribution in [3.8, 4) is 11.3 Å². The third kappa shape index (κ3) is 2.41. The van der Waals surface area contributed by atoms with Gasteiger partial charge in [0.2, 0.25) is 0 Å². The third-order valence-electron chi connectivity index (χ3n) is 3.46. The van der Waals surface area contributed by atoms with Crippen molar-refractivity contribution in [2.24, 2.45) is 0 Å². The van der Waals surface area contributed by atoms with Crippen LogP contribution in [0.4, 0.5) is 0 Å². The molecule has 18 heavy (non-hydrogen) atoms. The number of nitrogens with zero attached hydrogens (tertiary/aromatic N) is 2. The molecule has 0 unspecified atom stereocenters. The Morgan fingerprint density at radius 2 is 1.94 bits per heavy atom. The van der Waals surface area contributed by atoms with Crippen LogP contribution in [0.1, 0.15) is 24.5 Å². The largest absolute Gasteiger partial charge is 0.316 e. The molecule has 92 valence electrons. The van der Waals surface area contributed by atoms with Crippen LogP contribution in [0.15, 0.2) is 42.7 Å². The van der Waals surface area contributed by atoms with Gasteiger partial charge in [0.15, 0.2) is 0 Å². The number of rotatable bonds is 2. The van der Waals surface area contributed by atoms with Crippen LogP contribution >= 0.6 is 0 Å². The van der Waals surface area contributed by atoms with Gasteiger partial charge in [-0.3, -0.25) is 9.97 Å². The Bertz CT molecular complexity index is 487. The number of hydrogen-bond acceptors (Lipinski definition) is 3. The molecule has 1 fully saturated rings. The second-order valence-electron chi connectivity index (χ2n) is 4.74. The molecule has 1 aromatic carbocycles. The van der Waals surface area contributed by atoms with Gasteiger partial charge in [0.05, 0.1) is 17.6 Å². The molecule has 3 nitrogen and oxygen atoms in total. The van der Waals surface area contributed by atoms with Crippen molar-refractivity contribution < 1.29 is 0 Å². The summed E-state index contributed by atoms with van der Waals surface area (Å²) >= 11 is 0. The molecular weight excluding hydrogens is 222 g/mol. The van der Waals surface area contributed by atoms with E-state index in [1.807, 2.05) is 30.6 Å². The van der Waals surface area contributed by atoms with Gasteiger partial charge in [0, 0.05) is 24.2 Å². The Labute approximate surface area is 107 Å². The minimum atomic E-state index is 0.524. The third-order valence-corrected chi connectivity index (χ3v) is 3.46. The van der Waals surface area contributed by atoms with Crippen LogP contribution in [-0.4, -0.2) is 23.1 Å². The summed E-state index contributed by atoms with van der Waals surface area (Å²) in [6, 6.07) is 10.2. The standard InChI is InChI=1S/C15H17N3/c1-2-5-12(6-3-1)14-10-18-15(11-17-14)13-7-4-8-16-9-13/h1-3,5-6,10-11,13,16H,4,7-9H2/t13-/m1/s1. The van der Waals surface area contributed by atoms with E-state index in [2.05, 4.69) is 27.4 Å². The number of aromatic nitrogens is 2. The lowest BCUT2D eigenvalue weighted by Crippen LogP contribution is -2.28. The first-order chi connectivity index (χ1) is 8.93. The second kappa shape index (κ2) is 5.27. The summed E-state index contributed by atoms with van der Waals surface area (Å²) in [6.45, 7) is 2.16. The molecule has 0 aliphatic carbocycles. The van der Waals surface area contributed by atoms with Crippen LogP contribution in [0.25, 0.3) is 11.3 Å². The van der Waals surface area contributed by atoms with E-state index in [9.17, 15) is 0 Å². The fraction of sp³-hybridized carbons (Fsp3) is 0.333. The summed E-state index contributed by atoms with van der Waals surface area (Å²) in [7, 11) is 0. The lowest BCUT2D eigenvalue weighted by molar-refractivity contribution is 0.454. The molecule has 1 saturated heterocycles. The van der Waals surface area contributed by atoms with Gasteiger partial charge in [-0.15, -0.1) is 0 Å². The molecule has 2 heterocycles. The van der Waals surface area contributed by atoms with E-state index in [1.165, 1.54) is 12.8 Å². The zero-order valence-electron chi connectivity index (χ0n) is 10.3. The molecule has 1 aliphatic rings. The van der Waals surface area contributed by atoms with Crippen molar-refractivity contribution in [1.29, 1.82) is 0 Å². The average molecular weight is 239 g/mol. The molecule has 0 bridgehead atoms. The highest BCUT2D eigenvalue weighted by atomic mass is 14.9. The first-order valence-electron chi connectivity index (χ1n) is 6.51. The predicted molar refractivity (Wildman–Crippen MR) is 72.3 cm³/mol. The highest BCUT2D eigenvalue weighted by Gasteiger charge is 2.16. The Balaban J connectivity index is 1.80. The van der Waals surface area contributed by atoms with Gasteiger partial charge in [-0.2, -0.15) is 0 Å². The topological polar surface area (TPSA) is 37.8 Å². The Hall–Kier alpha value is -1.74. The number of benzene rings is 1. The van der Waals surface area contributed by atoms with E-state index < -0.39 is 0 Å². The molecule has 0 amide bonds. The van der Waals surface area contributed by atoms with Gasteiger partial charge in [0.1, 0.15) is 0 Å². The van der Waals surface area contributed by atoms with Gasteiger partial charge in [-0.1, -0.05) is 30.3 Å². The fourth-order valence-corrected chi connectivity index (χ4v) is 2.41. The number of hydrogen-bond donors (Lipinski definition) is 1. The maximum atomic E-state index is 4.58. The second-order valence-corrected chi connectivity index (χ2v) is 4.74. The lowest BCUT2D eigenvalue weighted by atomic mass is 9.96. The summed E-state index contributed by atoms with van der Waals surface area (Å²) in [6.07, 6.45) is 6.26. The van der Waals surface area contributed by atoms with Crippen molar-refractivity contribution >= 4 is 0 Å². The minimum Gasteiger partial charge on any atom is -0.316 e. The Kier molecular flexibility index (Phi) is 3.33. The number of nitrogens with one attached hydrogen (secondary N) is 1. The van der Waals surface area contributed by atoms with E-state index in [0.29, 0.717) is 5.92 Å². The highest BCUT2D eigenvalue weighted by molar-refractivity contribution is 5.57. The molecule has 1 aliphatic heterocycles. The molecule has 0 saturated carbocycles. The lowest BCUT2D eigenvalue weighted by Gasteiger charge is -2.21. The quantitative estimate of drug-likeness (QED) is 0.875. The zero-order chi connectivity index (χ0) is 12.2. The molecule has 0 radical (unpaired) electrons. The first-order valence-corrected chi connectivity index (χ1v) is 6.51. The van der Waals surface area contributed by atoms with Gasteiger partial charge in [0.25, 0.3) is 0 Å². The highest BCUT2D eigenvalue weighted by Crippen LogP contribution is 2.22. The van der Waals surface area contributed by atoms with E-state index in [4.69, 9.17) is 0 Å². The van der Waals surface area contributed by atoms with Crippen molar-refractivity contribution in [3.63, 3.8) is 0 Å². The van der Waals surface area contributed by atoms with Crippen LogP contribution in [0.3, 0.4) is 0 Å². The molecule has 0 spiro atoms. The van der Waals surface area contributed by atoms with E-state index >= 15 is 0 Å². The maximum absolute atomic E-state index is 4.58. The zero-order valence-corrected chi connectivity index (χ0v) is 10.3. The molecule has 1 atom stereocenters. The smallest absolute Gasteiger partial charge is 0.0885 e. The van der Waals surface area contributed by atoms with Gasteiger partial charge < -0.3 is 5.32 Å². The van der Waals surface area contributed by atoms with E-state index in [-0.39, 0.29) is 0 Å². The van der Waals surface area contributed by atoms with E-state index in [0.717, 1.165) is 30.0 Å². The summed E-state index contributed by atoms with van der Waals surface area (Å²) in [5.41, 5.74) is 3.18. The Morgan fingerprint density at radius 3 is 2.61 bits per heavy atom. The fourth-order valence-electron chi connectivity index (χ4n) is 2.41. The van der Waals surface area contributed by atoms with E-state index in [1.54, 1.807) is 0 Å². The molecule has 1 aromatic heterocycles. The maximum Gasteiger partial charge on any atom is 0.0885 e. The van der Waals surface area contributed by atoms with Crippen LogP contribution in [0, 0.1) is 0 Å². The van der Waals surface area contributed by atoms with Crippen LogP contribution in [0.5, 0.6) is 0 Å². The SMILES string of the molecule is c1ccc(-c2cnc([C@@H]3CCCNC3)cn2)cc1. The molecule has 3 rings (SSSR count). The summed E-state index contributed by atoms with van der Waals surface area (Å²) in [5.74, 6) is 0.524. The van der Waals surface area contributed by atoms with Crippen LogP contribution in [0.2, 0.25) is 0 Å². The van der Waals surface area contributed by atoms with Gasteiger partial charge >= 0.3 is 0 Å². The predicted octanol–water partition coefficient (Wildman–Crippen LogP) is 2.61. The first kappa shape index (κ1) is 11.4. The van der Waals surface area contributed by atoms with Gasteiger partial charge in [-0.25, -0.2) is 0 Å². The normalized spacial score (nSPS) is 19.7. The van der Waals surface area contributed by atoms with Crippen molar-refractivity contribution in [3.05, 3.63) is 48.4 Å². The summed E-state index contributed by atoms with van der Waals surface area (Å²) in [4.78, 5) is 9.11. The molecular formula is C15H17N3. The Morgan fingerprint density at radius 1 is 1.06 bits per heavy atom.